The maximum Gasteiger partial charge on any atom is 0.223 e. The summed E-state index contributed by atoms with van der Waals surface area (Å²) in [4.78, 5) is 15.9. The largest absolute Gasteiger partial charge is 0.489 e. The van der Waals surface area contributed by atoms with Crippen molar-refractivity contribution in [2.45, 2.75) is 38.7 Å². The molecule has 0 heterocycles. The minimum Gasteiger partial charge on any atom is -0.489 e. The van der Waals surface area contributed by atoms with Crippen LogP contribution in [0.2, 0.25) is 0 Å². The molecule has 1 aliphatic carbocycles. The number of carbonyl (C=O) groups excluding carboxylic acids is 1. The number of carbonyl (C=O) groups is 1. The molecule has 1 aliphatic rings. The molecule has 6 nitrogen and oxygen atoms in total. The molecule has 26 heavy (non-hydrogen) atoms. The molecule has 2 rings (SSSR count). The van der Waals surface area contributed by atoms with Gasteiger partial charge >= 0.3 is 0 Å². The summed E-state index contributed by atoms with van der Waals surface area (Å²) in [6, 6.07) is 5.97. The monoisotopic (exact) mass is 364 g/mol. The molecule has 0 aromatic heterocycles. The number of nitrogens with zero attached hydrogens (tertiary/aromatic N) is 1. The molecule has 1 saturated carbocycles. The van der Waals surface area contributed by atoms with Gasteiger partial charge in [0.15, 0.2) is 5.96 Å². The standard InChI is InChI=1S/C19H29FN4O2/c1-14(26-17-9-7-16(20)8-10-17)13-24-19(21-2)23-12-4-11-22-18(25)15-5-3-6-15/h7-10,14-15H,3-6,11-13H2,1-2H3,(H,22,25)(H2,21,23,24). The summed E-state index contributed by atoms with van der Waals surface area (Å²) >= 11 is 0. The molecule has 1 fully saturated rings. The summed E-state index contributed by atoms with van der Waals surface area (Å²) in [7, 11) is 1.71. The predicted molar refractivity (Wildman–Crippen MR) is 101 cm³/mol. The molecule has 144 valence electrons. The second kappa shape index (κ2) is 10.6. The fraction of sp³-hybridized carbons (Fsp3) is 0.579. The first kappa shape index (κ1) is 20.0. The van der Waals surface area contributed by atoms with Crippen molar-refractivity contribution in [3.63, 3.8) is 0 Å². The third-order valence-electron chi connectivity index (χ3n) is 4.35. The summed E-state index contributed by atoms with van der Waals surface area (Å²) in [6.07, 6.45) is 3.96. The lowest BCUT2D eigenvalue weighted by molar-refractivity contribution is -0.127. The lowest BCUT2D eigenvalue weighted by Gasteiger charge is -2.24. The Kier molecular flexibility index (Phi) is 8.18. The highest BCUT2D eigenvalue weighted by Gasteiger charge is 2.24. The Morgan fingerprint density at radius 3 is 2.54 bits per heavy atom. The van der Waals surface area contributed by atoms with E-state index in [9.17, 15) is 9.18 Å². The molecule has 0 radical (unpaired) electrons. The number of ether oxygens (including phenoxy) is 1. The molecular formula is C19H29FN4O2. The van der Waals surface area contributed by atoms with Crippen LogP contribution in [0.25, 0.3) is 0 Å². The lowest BCUT2D eigenvalue weighted by Crippen LogP contribution is -2.43. The van der Waals surface area contributed by atoms with E-state index >= 15 is 0 Å². The Bertz CT molecular complexity index is 588. The maximum absolute atomic E-state index is 12.9. The first-order valence-corrected chi connectivity index (χ1v) is 9.23. The fourth-order valence-corrected chi connectivity index (χ4v) is 2.57. The van der Waals surface area contributed by atoms with Gasteiger partial charge in [-0.25, -0.2) is 4.39 Å². The average molecular weight is 364 g/mol. The van der Waals surface area contributed by atoms with E-state index in [0.29, 0.717) is 24.8 Å². The number of benzene rings is 1. The zero-order valence-corrected chi connectivity index (χ0v) is 15.6. The van der Waals surface area contributed by atoms with E-state index in [2.05, 4.69) is 20.9 Å². The van der Waals surface area contributed by atoms with Crippen molar-refractivity contribution < 1.29 is 13.9 Å². The number of rotatable bonds is 9. The molecule has 0 spiro atoms. The molecule has 0 bridgehead atoms. The van der Waals surface area contributed by atoms with Gasteiger partial charge in [-0.2, -0.15) is 0 Å². The van der Waals surface area contributed by atoms with E-state index in [0.717, 1.165) is 25.8 Å². The van der Waals surface area contributed by atoms with Crippen LogP contribution >= 0.6 is 0 Å². The van der Waals surface area contributed by atoms with E-state index < -0.39 is 0 Å². The van der Waals surface area contributed by atoms with Gasteiger partial charge in [0.1, 0.15) is 17.7 Å². The third-order valence-corrected chi connectivity index (χ3v) is 4.35. The van der Waals surface area contributed by atoms with Gasteiger partial charge in [0.2, 0.25) is 5.91 Å². The molecule has 1 aromatic carbocycles. The predicted octanol–water partition coefficient (Wildman–Crippen LogP) is 2.06. The minimum absolute atomic E-state index is 0.0965. The van der Waals surface area contributed by atoms with Gasteiger partial charge in [-0.05, 0) is 50.5 Å². The number of nitrogens with one attached hydrogen (secondary N) is 3. The van der Waals surface area contributed by atoms with Gasteiger partial charge < -0.3 is 20.7 Å². The van der Waals surface area contributed by atoms with Crippen molar-refractivity contribution in [1.29, 1.82) is 0 Å². The van der Waals surface area contributed by atoms with Crippen molar-refractivity contribution in [3.05, 3.63) is 30.1 Å². The highest BCUT2D eigenvalue weighted by molar-refractivity contribution is 5.80. The van der Waals surface area contributed by atoms with Crippen LogP contribution in [0.5, 0.6) is 5.75 Å². The molecule has 0 saturated heterocycles. The third kappa shape index (κ3) is 6.90. The Balaban J connectivity index is 1.56. The number of hydrogen-bond acceptors (Lipinski definition) is 3. The lowest BCUT2D eigenvalue weighted by atomic mass is 9.85. The molecule has 3 N–H and O–H groups in total. The number of aliphatic imine (C=N–C) groups is 1. The van der Waals surface area contributed by atoms with Crippen molar-refractivity contribution in [2.24, 2.45) is 10.9 Å². The number of halogens is 1. The van der Waals surface area contributed by atoms with Crippen LogP contribution in [-0.4, -0.2) is 44.7 Å². The molecule has 1 unspecified atom stereocenters. The van der Waals surface area contributed by atoms with Crippen LogP contribution in [0.15, 0.2) is 29.3 Å². The van der Waals surface area contributed by atoms with Crippen molar-refractivity contribution >= 4 is 11.9 Å². The zero-order valence-electron chi connectivity index (χ0n) is 15.6. The van der Waals surface area contributed by atoms with Crippen molar-refractivity contribution in [1.82, 2.24) is 16.0 Å². The number of guanidine groups is 1. The highest BCUT2D eigenvalue weighted by Crippen LogP contribution is 2.25. The summed E-state index contributed by atoms with van der Waals surface area (Å²) in [5, 5.41) is 9.37. The van der Waals surface area contributed by atoms with Crippen LogP contribution in [0.1, 0.15) is 32.6 Å². The number of hydrogen-bond donors (Lipinski definition) is 3. The first-order chi connectivity index (χ1) is 12.6. The van der Waals surface area contributed by atoms with Gasteiger partial charge in [0, 0.05) is 26.1 Å². The van der Waals surface area contributed by atoms with E-state index in [1.165, 1.54) is 18.6 Å². The second-order valence-electron chi connectivity index (χ2n) is 6.53. The van der Waals surface area contributed by atoms with E-state index in [1.807, 2.05) is 6.92 Å². The average Bonchev–Trinajstić information content (AvgIpc) is 2.57. The van der Waals surface area contributed by atoms with E-state index in [1.54, 1.807) is 19.2 Å². The quantitative estimate of drug-likeness (QED) is 0.356. The first-order valence-electron chi connectivity index (χ1n) is 9.23. The molecular weight excluding hydrogens is 335 g/mol. The Morgan fingerprint density at radius 1 is 1.23 bits per heavy atom. The topological polar surface area (TPSA) is 74.8 Å². The van der Waals surface area contributed by atoms with Gasteiger partial charge in [0.25, 0.3) is 0 Å². The molecule has 1 atom stereocenters. The van der Waals surface area contributed by atoms with E-state index in [-0.39, 0.29) is 23.7 Å². The molecule has 1 amide bonds. The number of amides is 1. The Hall–Kier alpha value is -2.31. The summed E-state index contributed by atoms with van der Waals surface area (Å²) < 4.78 is 18.6. The fourth-order valence-electron chi connectivity index (χ4n) is 2.57. The van der Waals surface area contributed by atoms with Crippen molar-refractivity contribution in [2.75, 3.05) is 26.7 Å². The Morgan fingerprint density at radius 2 is 1.92 bits per heavy atom. The summed E-state index contributed by atoms with van der Waals surface area (Å²) in [5.41, 5.74) is 0. The van der Waals surface area contributed by atoms with Gasteiger partial charge in [-0.15, -0.1) is 0 Å². The normalized spacial score (nSPS) is 15.7. The minimum atomic E-state index is -0.281. The molecule has 7 heteroatoms. The molecule has 1 aromatic rings. The van der Waals surface area contributed by atoms with Crippen LogP contribution in [-0.2, 0) is 4.79 Å². The van der Waals surface area contributed by atoms with E-state index in [4.69, 9.17) is 4.74 Å². The van der Waals surface area contributed by atoms with Gasteiger partial charge in [-0.3, -0.25) is 9.79 Å². The smallest absolute Gasteiger partial charge is 0.223 e. The van der Waals surface area contributed by atoms with Crippen LogP contribution in [0.4, 0.5) is 4.39 Å². The summed E-state index contributed by atoms with van der Waals surface area (Å²) in [5.74, 6) is 1.46. The van der Waals surface area contributed by atoms with Gasteiger partial charge in [-0.1, -0.05) is 6.42 Å². The second-order valence-corrected chi connectivity index (χ2v) is 6.53. The molecule has 0 aliphatic heterocycles. The van der Waals surface area contributed by atoms with Crippen LogP contribution < -0.4 is 20.7 Å². The highest BCUT2D eigenvalue weighted by atomic mass is 19.1. The maximum atomic E-state index is 12.9. The van der Waals surface area contributed by atoms with Crippen LogP contribution in [0, 0.1) is 11.7 Å². The SMILES string of the molecule is CN=C(NCCCNC(=O)C1CCC1)NCC(C)Oc1ccc(F)cc1. The van der Waals surface area contributed by atoms with Gasteiger partial charge in [0.05, 0.1) is 6.54 Å². The zero-order chi connectivity index (χ0) is 18.8. The summed E-state index contributed by atoms with van der Waals surface area (Å²) in [6.45, 7) is 3.89. The van der Waals surface area contributed by atoms with Crippen LogP contribution in [0.3, 0.4) is 0 Å². The Labute approximate surface area is 154 Å². The van der Waals surface area contributed by atoms with Crippen molar-refractivity contribution in [3.8, 4) is 5.75 Å².